The predicted octanol–water partition coefficient (Wildman–Crippen LogP) is 4.79. The van der Waals surface area contributed by atoms with E-state index in [0.717, 1.165) is 25.7 Å². The van der Waals surface area contributed by atoms with Crippen molar-refractivity contribution < 1.29 is 4.79 Å². The van der Waals surface area contributed by atoms with Gasteiger partial charge >= 0.3 is 0 Å². The molecule has 2 nitrogen and oxygen atoms in total. The third kappa shape index (κ3) is 2.15. The summed E-state index contributed by atoms with van der Waals surface area (Å²) in [5, 5.41) is 2.92. The van der Waals surface area contributed by atoms with Crippen LogP contribution < -0.4 is 5.73 Å². The SMILES string of the molecule is Cc1cc(N)ccc1C(=O)c1csc2c(Br)cccc12. The second-order valence-corrected chi connectivity index (χ2v) is 6.40. The molecular formula is C16H12BrNOS. The molecule has 2 aromatic carbocycles. The van der Waals surface area contributed by atoms with Crippen molar-refractivity contribution in [2.75, 3.05) is 5.73 Å². The van der Waals surface area contributed by atoms with Gasteiger partial charge in [-0.15, -0.1) is 11.3 Å². The molecule has 1 aromatic heterocycles. The molecule has 0 aliphatic carbocycles. The fourth-order valence-corrected chi connectivity index (χ4v) is 3.89. The van der Waals surface area contributed by atoms with Crippen LogP contribution in [0.2, 0.25) is 0 Å². The number of nitrogen functional groups attached to an aromatic ring is 1. The van der Waals surface area contributed by atoms with Crippen LogP contribution in [0.3, 0.4) is 0 Å². The van der Waals surface area contributed by atoms with Crippen molar-refractivity contribution in [3.8, 4) is 0 Å². The first-order valence-electron chi connectivity index (χ1n) is 6.14. The molecule has 4 heteroatoms. The van der Waals surface area contributed by atoms with E-state index in [1.165, 1.54) is 0 Å². The monoisotopic (exact) mass is 345 g/mol. The molecule has 0 bridgehead atoms. The summed E-state index contributed by atoms with van der Waals surface area (Å²) in [5.41, 5.74) is 8.78. The van der Waals surface area contributed by atoms with E-state index >= 15 is 0 Å². The van der Waals surface area contributed by atoms with Gasteiger partial charge in [0.05, 0.1) is 0 Å². The molecule has 0 aliphatic heterocycles. The van der Waals surface area contributed by atoms with Gasteiger partial charge < -0.3 is 5.73 Å². The first-order chi connectivity index (χ1) is 9.58. The molecule has 100 valence electrons. The highest BCUT2D eigenvalue weighted by Gasteiger charge is 2.17. The Morgan fingerprint density at radius 1 is 1.20 bits per heavy atom. The van der Waals surface area contributed by atoms with E-state index < -0.39 is 0 Å². The summed E-state index contributed by atoms with van der Waals surface area (Å²) < 4.78 is 2.12. The lowest BCUT2D eigenvalue weighted by Gasteiger charge is -2.05. The third-order valence-corrected chi connectivity index (χ3v) is 5.24. The van der Waals surface area contributed by atoms with Crippen molar-refractivity contribution in [1.29, 1.82) is 0 Å². The summed E-state index contributed by atoms with van der Waals surface area (Å²) in [5.74, 6) is 0.0480. The summed E-state index contributed by atoms with van der Waals surface area (Å²) in [6.45, 7) is 1.91. The fourth-order valence-electron chi connectivity index (χ4n) is 2.28. The summed E-state index contributed by atoms with van der Waals surface area (Å²) in [7, 11) is 0. The van der Waals surface area contributed by atoms with Gasteiger partial charge in [-0.25, -0.2) is 0 Å². The van der Waals surface area contributed by atoms with Crippen LogP contribution in [0.1, 0.15) is 21.5 Å². The normalized spacial score (nSPS) is 10.9. The number of fused-ring (bicyclic) bond motifs is 1. The Morgan fingerprint density at radius 3 is 2.75 bits per heavy atom. The van der Waals surface area contributed by atoms with Crippen LogP contribution in [0, 0.1) is 6.92 Å². The quantitative estimate of drug-likeness (QED) is 0.536. The Hall–Kier alpha value is -1.65. The highest BCUT2D eigenvalue weighted by Crippen LogP contribution is 2.33. The van der Waals surface area contributed by atoms with E-state index in [4.69, 9.17) is 5.73 Å². The fraction of sp³-hybridized carbons (Fsp3) is 0.0625. The molecule has 2 N–H and O–H groups in total. The number of nitrogens with two attached hydrogens (primary N) is 1. The maximum Gasteiger partial charge on any atom is 0.194 e. The maximum absolute atomic E-state index is 12.7. The van der Waals surface area contributed by atoms with Gasteiger partial charge in [0.25, 0.3) is 0 Å². The summed E-state index contributed by atoms with van der Waals surface area (Å²) in [6, 6.07) is 11.3. The van der Waals surface area contributed by atoms with E-state index in [1.54, 1.807) is 23.5 Å². The number of carbonyl (C=O) groups is 1. The Kier molecular flexibility index (Phi) is 3.36. The van der Waals surface area contributed by atoms with Gasteiger partial charge in [0.1, 0.15) is 0 Å². The maximum atomic E-state index is 12.7. The number of ketones is 1. The third-order valence-electron chi connectivity index (χ3n) is 3.29. The van der Waals surface area contributed by atoms with E-state index in [2.05, 4.69) is 15.9 Å². The molecule has 0 saturated heterocycles. The molecule has 0 aliphatic rings. The Balaban J connectivity index is 2.16. The summed E-state index contributed by atoms with van der Waals surface area (Å²) >= 11 is 5.10. The number of hydrogen-bond donors (Lipinski definition) is 1. The van der Waals surface area contributed by atoms with Crippen molar-refractivity contribution in [1.82, 2.24) is 0 Å². The van der Waals surface area contributed by atoms with Crippen LogP contribution in [0.4, 0.5) is 5.69 Å². The number of benzene rings is 2. The molecular weight excluding hydrogens is 334 g/mol. The molecule has 0 saturated carbocycles. The van der Waals surface area contributed by atoms with E-state index in [-0.39, 0.29) is 5.78 Å². The zero-order chi connectivity index (χ0) is 14.3. The number of carbonyl (C=O) groups excluding carboxylic acids is 1. The molecule has 1 heterocycles. The number of hydrogen-bond acceptors (Lipinski definition) is 3. The number of aryl methyl sites for hydroxylation is 1. The molecule has 0 amide bonds. The Bertz CT molecular complexity index is 822. The number of rotatable bonds is 2. The predicted molar refractivity (Wildman–Crippen MR) is 88.5 cm³/mol. The lowest BCUT2D eigenvalue weighted by molar-refractivity contribution is 0.104. The minimum absolute atomic E-state index is 0.0480. The smallest absolute Gasteiger partial charge is 0.194 e. The van der Waals surface area contributed by atoms with Gasteiger partial charge in [-0.3, -0.25) is 4.79 Å². The highest BCUT2D eigenvalue weighted by atomic mass is 79.9. The van der Waals surface area contributed by atoms with Crippen LogP contribution in [-0.2, 0) is 0 Å². The van der Waals surface area contributed by atoms with E-state index in [0.29, 0.717) is 11.3 Å². The first-order valence-corrected chi connectivity index (χ1v) is 7.81. The molecule has 0 atom stereocenters. The second kappa shape index (κ2) is 5.04. The summed E-state index contributed by atoms with van der Waals surface area (Å²) in [4.78, 5) is 12.7. The standard InChI is InChI=1S/C16H12BrNOS/c1-9-7-10(18)5-6-11(9)15(19)13-8-20-16-12(13)3-2-4-14(16)17/h2-8H,18H2,1H3. The van der Waals surface area contributed by atoms with Gasteiger partial charge in [-0.1, -0.05) is 12.1 Å². The van der Waals surface area contributed by atoms with E-state index in [1.807, 2.05) is 36.6 Å². The number of halogens is 1. The minimum atomic E-state index is 0.0480. The molecule has 3 rings (SSSR count). The number of thiophene rings is 1. The molecule has 0 unspecified atom stereocenters. The van der Waals surface area contributed by atoms with Crippen LogP contribution in [-0.4, -0.2) is 5.78 Å². The van der Waals surface area contributed by atoms with Crippen molar-refractivity contribution >= 4 is 48.8 Å². The average Bonchev–Trinajstić information content (AvgIpc) is 2.83. The van der Waals surface area contributed by atoms with Crippen LogP contribution in [0.15, 0.2) is 46.3 Å². The second-order valence-electron chi connectivity index (χ2n) is 4.67. The Morgan fingerprint density at radius 2 is 2.00 bits per heavy atom. The van der Waals surface area contributed by atoms with Gasteiger partial charge in [-0.2, -0.15) is 0 Å². The number of anilines is 1. The lowest BCUT2D eigenvalue weighted by atomic mass is 9.98. The van der Waals surface area contributed by atoms with Crippen molar-refractivity contribution in [2.24, 2.45) is 0 Å². The van der Waals surface area contributed by atoms with Crippen LogP contribution >= 0.6 is 27.3 Å². The van der Waals surface area contributed by atoms with Gasteiger partial charge in [0.2, 0.25) is 0 Å². The molecule has 0 spiro atoms. The van der Waals surface area contributed by atoms with Gasteiger partial charge in [0.15, 0.2) is 5.78 Å². The molecule has 20 heavy (non-hydrogen) atoms. The van der Waals surface area contributed by atoms with Gasteiger partial charge in [-0.05, 0) is 52.7 Å². The average molecular weight is 346 g/mol. The zero-order valence-corrected chi connectivity index (χ0v) is 13.2. The first kappa shape index (κ1) is 13.3. The van der Waals surface area contributed by atoms with Crippen molar-refractivity contribution in [3.05, 3.63) is 62.9 Å². The lowest BCUT2D eigenvalue weighted by Crippen LogP contribution is -2.03. The molecule has 3 aromatic rings. The van der Waals surface area contributed by atoms with Gasteiger partial charge in [0, 0.05) is 36.8 Å². The summed E-state index contributed by atoms with van der Waals surface area (Å²) in [6.07, 6.45) is 0. The molecule has 0 radical (unpaired) electrons. The largest absolute Gasteiger partial charge is 0.399 e. The zero-order valence-electron chi connectivity index (χ0n) is 10.8. The van der Waals surface area contributed by atoms with Crippen molar-refractivity contribution in [3.63, 3.8) is 0 Å². The van der Waals surface area contributed by atoms with Crippen LogP contribution in [0.5, 0.6) is 0 Å². The van der Waals surface area contributed by atoms with E-state index in [9.17, 15) is 4.79 Å². The van der Waals surface area contributed by atoms with Crippen LogP contribution in [0.25, 0.3) is 10.1 Å². The Labute approximate surface area is 129 Å². The molecule has 0 fully saturated rings. The minimum Gasteiger partial charge on any atom is -0.399 e. The highest BCUT2D eigenvalue weighted by molar-refractivity contribution is 9.10. The van der Waals surface area contributed by atoms with Crippen molar-refractivity contribution in [2.45, 2.75) is 6.92 Å². The topological polar surface area (TPSA) is 43.1 Å².